The fraction of sp³-hybridized carbons (Fsp3) is 0.368. The Hall–Kier alpha value is -2.40. The summed E-state index contributed by atoms with van der Waals surface area (Å²) >= 11 is 0. The van der Waals surface area contributed by atoms with Crippen molar-refractivity contribution in [3.63, 3.8) is 0 Å². The van der Waals surface area contributed by atoms with Gasteiger partial charge < -0.3 is 9.88 Å². The van der Waals surface area contributed by atoms with Crippen LogP contribution in [0, 0.1) is 6.92 Å². The molecule has 5 heteroatoms. The van der Waals surface area contributed by atoms with Gasteiger partial charge >= 0.3 is 0 Å². The summed E-state index contributed by atoms with van der Waals surface area (Å²) in [7, 11) is 0. The molecule has 0 bridgehead atoms. The van der Waals surface area contributed by atoms with Crippen molar-refractivity contribution in [2.24, 2.45) is 0 Å². The number of carbonyl (C=O) groups is 2. The van der Waals surface area contributed by atoms with Crippen LogP contribution in [-0.4, -0.2) is 52.7 Å². The number of nitrogens with zero attached hydrogens (tertiary/aromatic N) is 2. The topological polar surface area (TPSA) is 56.4 Å². The maximum atomic E-state index is 12.5. The second kappa shape index (κ2) is 7.01. The standard InChI is InChI=1S/C19H23N3O2/c1-14-5-3-4-6-16(14)13-21-7-9-22(10-8-21)19(24)18-11-17(12-20-18)15(2)23/h3-6,11-12,20H,7-10,13H2,1-2H3. The van der Waals surface area contributed by atoms with Gasteiger partial charge in [-0.25, -0.2) is 0 Å². The highest BCUT2D eigenvalue weighted by Crippen LogP contribution is 2.14. The number of aromatic nitrogens is 1. The van der Waals surface area contributed by atoms with Gasteiger partial charge in [0.1, 0.15) is 5.69 Å². The zero-order valence-corrected chi connectivity index (χ0v) is 14.2. The summed E-state index contributed by atoms with van der Waals surface area (Å²) in [5, 5.41) is 0. The molecule has 126 valence electrons. The average molecular weight is 325 g/mol. The maximum Gasteiger partial charge on any atom is 0.270 e. The lowest BCUT2D eigenvalue weighted by Gasteiger charge is -2.34. The molecule has 0 atom stereocenters. The van der Waals surface area contributed by atoms with Crippen LogP contribution in [0.3, 0.4) is 0 Å². The van der Waals surface area contributed by atoms with E-state index in [1.54, 1.807) is 12.3 Å². The van der Waals surface area contributed by atoms with Crippen LogP contribution in [0.5, 0.6) is 0 Å². The number of aromatic amines is 1. The van der Waals surface area contributed by atoms with Crippen LogP contribution in [0.25, 0.3) is 0 Å². The number of amides is 1. The largest absolute Gasteiger partial charge is 0.356 e. The molecule has 24 heavy (non-hydrogen) atoms. The third kappa shape index (κ3) is 3.57. The van der Waals surface area contributed by atoms with Crippen molar-refractivity contribution in [3.05, 3.63) is 58.9 Å². The van der Waals surface area contributed by atoms with Gasteiger partial charge in [-0.2, -0.15) is 0 Å². The van der Waals surface area contributed by atoms with Gasteiger partial charge in [-0.15, -0.1) is 0 Å². The third-order valence-corrected chi connectivity index (χ3v) is 4.63. The van der Waals surface area contributed by atoms with E-state index in [9.17, 15) is 9.59 Å². The molecule has 1 N–H and O–H groups in total. The molecule has 1 amide bonds. The Labute approximate surface area is 142 Å². The van der Waals surface area contributed by atoms with Crippen LogP contribution in [0.2, 0.25) is 0 Å². The van der Waals surface area contributed by atoms with Gasteiger partial charge in [-0.3, -0.25) is 14.5 Å². The van der Waals surface area contributed by atoms with E-state index in [0.29, 0.717) is 24.3 Å². The molecule has 2 aromatic rings. The SMILES string of the molecule is CC(=O)c1c[nH]c(C(=O)N2CCN(Cc3ccccc3C)CC2)c1. The fourth-order valence-corrected chi connectivity index (χ4v) is 3.03. The van der Waals surface area contributed by atoms with Gasteiger partial charge in [0.15, 0.2) is 5.78 Å². The van der Waals surface area contributed by atoms with Crippen LogP contribution in [0.4, 0.5) is 0 Å². The Bertz CT molecular complexity index is 743. The smallest absolute Gasteiger partial charge is 0.270 e. The number of H-pyrrole nitrogens is 1. The van der Waals surface area contributed by atoms with Gasteiger partial charge in [0.2, 0.25) is 0 Å². The number of hydrogen-bond acceptors (Lipinski definition) is 3. The van der Waals surface area contributed by atoms with Crippen LogP contribution >= 0.6 is 0 Å². The Kier molecular flexibility index (Phi) is 4.81. The quantitative estimate of drug-likeness (QED) is 0.879. The van der Waals surface area contributed by atoms with Gasteiger partial charge in [0, 0.05) is 44.5 Å². The van der Waals surface area contributed by atoms with Crippen molar-refractivity contribution < 1.29 is 9.59 Å². The first-order chi connectivity index (χ1) is 11.5. The fourth-order valence-electron chi connectivity index (χ4n) is 3.03. The van der Waals surface area contributed by atoms with E-state index in [4.69, 9.17) is 0 Å². The molecule has 1 fully saturated rings. The van der Waals surface area contributed by atoms with E-state index < -0.39 is 0 Å². The summed E-state index contributed by atoms with van der Waals surface area (Å²) in [6.07, 6.45) is 1.60. The zero-order chi connectivity index (χ0) is 17.1. The van der Waals surface area contributed by atoms with E-state index >= 15 is 0 Å². The minimum atomic E-state index is -0.0339. The Morgan fingerprint density at radius 1 is 1.12 bits per heavy atom. The minimum absolute atomic E-state index is 0.0296. The second-order valence-corrected chi connectivity index (χ2v) is 6.35. The monoisotopic (exact) mass is 325 g/mol. The van der Waals surface area contributed by atoms with Crippen molar-refractivity contribution >= 4 is 11.7 Å². The highest BCUT2D eigenvalue weighted by molar-refractivity contribution is 5.99. The summed E-state index contributed by atoms with van der Waals surface area (Å²) in [5.74, 6) is -0.0635. The van der Waals surface area contributed by atoms with Crippen molar-refractivity contribution in [2.75, 3.05) is 26.2 Å². The van der Waals surface area contributed by atoms with Crippen molar-refractivity contribution in [1.82, 2.24) is 14.8 Å². The molecule has 0 spiro atoms. The number of carbonyl (C=O) groups excluding carboxylic acids is 2. The number of aryl methyl sites for hydroxylation is 1. The van der Waals surface area contributed by atoms with Crippen molar-refractivity contribution in [3.8, 4) is 0 Å². The second-order valence-electron chi connectivity index (χ2n) is 6.35. The zero-order valence-electron chi connectivity index (χ0n) is 14.2. The summed E-state index contributed by atoms with van der Waals surface area (Å²) in [6, 6.07) is 10.1. The number of piperazine rings is 1. The summed E-state index contributed by atoms with van der Waals surface area (Å²) < 4.78 is 0. The summed E-state index contributed by atoms with van der Waals surface area (Å²) in [4.78, 5) is 31.0. The van der Waals surface area contributed by atoms with Gasteiger partial charge in [0.05, 0.1) is 0 Å². The molecule has 5 nitrogen and oxygen atoms in total. The Balaban J connectivity index is 1.57. The minimum Gasteiger partial charge on any atom is -0.356 e. The van der Waals surface area contributed by atoms with Crippen molar-refractivity contribution in [1.29, 1.82) is 0 Å². The normalized spacial score (nSPS) is 15.5. The first kappa shape index (κ1) is 16.5. The third-order valence-electron chi connectivity index (χ3n) is 4.63. The van der Waals surface area contributed by atoms with Gasteiger partial charge in [-0.05, 0) is 31.0 Å². The predicted molar refractivity (Wildman–Crippen MR) is 93.2 cm³/mol. The van der Waals surface area contributed by atoms with E-state index in [-0.39, 0.29) is 11.7 Å². The Morgan fingerprint density at radius 3 is 2.46 bits per heavy atom. The number of hydrogen-bond donors (Lipinski definition) is 1. The first-order valence-electron chi connectivity index (χ1n) is 8.30. The van der Waals surface area contributed by atoms with Gasteiger partial charge in [-0.1, -0.05) is 24.3 Å². The van der Waals surface area contributed by atoms with Gasteiger partial charge in [0.25, 0.3) is 5.91 Å². The first-order valence-corrected chi connectivity index (χ1v) is 8.30. The summed E-state index contributed by atoms with van der Waals surface area (Å²) in [5.41, 5.74) is 3.69. The van der Waals surface area contributed by atoms with Crippen LogP contribution in [0.15, 0.2) is 36.5 Å². The molecule has 2 heterocycles. The highest BCUT2D eigenvalue weighted by atomic mass is 16.2. The lowest BCUT2D eigenvalue weighted by atomic mass is 10.1. The molecule has 0 radical (unpaired) electrons. The maximum absolute atomic E-state index is 12.5. The molecular formula is C19H23N3O2. The molecule has 0 unspecified atom stereocenters. The summed E-state index contributed by atoms with van der Waals surface area (Å²) in [6.45, 7) is 7.69. The average Bonchev–Trinajstić information content (AvgIpc) is 3.07. The molecule has 1 saturated heterocycles. The number of rotatable bonds is 4. The van der Waals surface area contributed by atoms with Crippen LogP contribution < -0.4 is 0 Å². The number of nitrogens with one attached hydrogen (secondary N) is 1. The lowest BCUT2D eigenvalue weighted by Crippen LogP contribution is -2.48. The predicted octanol–water partition coefficient (Wildman–Crippen LogP) is 2.48. The number of Topliss-reactive ketones (excluding diaryl/α,β-unsaturated/α-hetero) is 1. The van der Waals surface area contributed by atoms with Crippen LogP contribution in [-0.2, 0) is 6.54 Å². The molecule has 1 aromatic heterocycles. The molecule has 1 aliphatic heterocycles. The van der Waals surface area contributed by atoms with E-state index in [1.165, 1.54) is 18.1 Å². The molecule has 0 aliphatic carbocycles. The lowest BCUT2D eigenvalue weighted by molar-refractivity contribution is 0.0623. The van der Waals surface area contributed by atoms with E-state index in [1.807, 2.05) is 4.90 Å². The molecule has 3 rings (SSSR count). The molecular weight excluding hydrogens is 302 g/mol. The van der Waals surface area contributed by atoms with Crippen LogP contribution in [0.1, 0.15) is 38.9 Å². The molecule has 0 saturated carbocycles. The molecule has 1 aromatic carbocycles. The van der Waals surface area contributed by atoms with E-state index in [0.717, 1.165) is 19.6 Å². The van der Waals surface area contributed by atoms with E-state index in [2.05, 4.69) is 41.1 Å². The van der Waals surface area contributed by atoms with Crippen molar-refractivity contribution in [2.45, 2.75) is 20.4 Å². The Morgan fingerprint density at radius 2 is 1.83 bits per heavy atom. The number of ketones is 1. The highest BCUT2D eigenvalue weighted by Gasteiger charge is 2.23. The number of benzene rings is 1. The molecule has 1 aliphatic rings.